The number of rotatable bonds is 9. The van der Waals surface area contributed by atoms with Gasteiger partial charge in [0, 0.05) is 47.3 Å². The Morgan fingerprint density at radius 2 is 1.68 bits per heavy atom. The second-order valence-corrected chi connectivity index (χ2v) is 12.4. The molecule has 0 unspecified atom stereocenters. The molecule has 0 aliphatic rings. The van der Waals surface area contributed by atoms with Gasteiger partial charge in [-0.1, -0.05) is 12.1 Å². The number of aliphatic hydroxyl groups is 1. The molecule has 4 aromatic rings. The number of fused-ring (bicyclic) bond motifs is 1. The molecule has 0 radical (unpaired) electrons. The van der Waals surface area contributed by atoms with Crippen molar-refractivity contribution in [2.45, 2.75) is 32.7 Å². The summed E-state index contributed by atoms with van der Waals surface area (Å²) in [6, 6.07) is 15.2. The predicted molar refractivity (Wildman–Crippen MR) is 157 cm³/mol. The summed E-state index contributed by atoms with van der Waals surface area (Å²) in [5, 5.41) is 15.1. The standard InChI is InChI=1S/C30H32FN3O6S/c1-30(2,3)33-28(36)20-8-5-7-19(15-20)22-16-23-25(17-24(22)34-41(38,39)14-6-13-35)40-27(26(23)29(37)32-4)18-9-11-21(31)12-10-18/h5,7-12,15-17,34-35H,6,13-14H2,1-4H3,(H,32,37)(H,33,36). The van der Waals surface area contributed by atoms with Crippen LogP contribution in [-0.2, 0) is 10.0 Å². The third kappa shape index (κ3) is 6.93. The minimum absolute atomic E-state index is 0.0334. The summed E-state index contributed by atoms with van der Waals surface area (Å²) in [4.78, 5) is 26.0. The number of anilines is 1. The molecule has 0 spiro atoms. The molecule has 0 bridgehead atoms. The topological polar surface area (TPSA) is 138 Å². The molecule has 0 saturated carbocycles. The summed E-state index contributed by atoms with van der Waals surface area (Å²) in [5.74, 6) is -1.35. The zero-order valence-electron chi connectivity index (χ0n) is 23.2. The first kappa shape index (κ1) is 29.8. The second-order valence-electron chi connectivity index (χ2n) is 10.6. The monoisotopic (exact) mass is 581 g/mol. The molecule has 11 heteroatoms. The molecule has 0 atom stereocenters. The van der Waals surface area contributed by atoms with E-state index in [0.717, 1.165) is 0 Å². The molecule has 41 heavy (non-hydrogen) atoms. The number of halogens is 1. The highest BCUT2D eigenvalue weighted by Gasteiger charge is 2.25. The Bertz CT molecular complexity index is 1710. The maximum atomic E-state index is 13.6. The van der Waals surface area contributed by atoms with Gasteiger partial charge in [0.1, 0.15) is 17.2 Å². The Hall–Kier alpha value is -4.22. The Balaban J connectivity index is 1.96. The number of hydrogen-bond donors (Lipinski definition) is 4. The molecule has 0 saturated heterocycles. The Morgan fingerprint density at radius 1 is 0.976 bits per heavy atom. The van der Waals surface area contributed by atoms with Crippen molar-refractivity contribution < 1.29 is 31.9 Å². The number of furan rings is 1. The molecular formula is C30H32FN3O6S. The van der Waals surface area contributed by atoms with E-state index in [9.17, 15) is 22.4 Å². The summed E-state index contributed by atoms with van der Waals surface area (Å²) in [6.07, 6.45) is 0.0334. The van der Waals surface area contributed by atoms with Crippen LogP contribution in [0.1, 0.15) is 47.9 Å². The summed E-state index contributed by atoms with van der Waals surface area (Å²) in [5.41, 5.74) is 1.81. The zero-order chi connectivity index (χ0) is 29.9. The quantitative estimate of drug-likeness (QED) is 0.222. The van der Waals surface area contributed by atoms with Crippen LogP contribution in [0.3, 0.4) is 0 Å². The highest BCUT2D eigenvalue weighted by atomic mass is 32.2. The van der Waals surface area contributed by atoms with Gasteiger partial charge in [-0.05, 0) is 75.2 Å². The predicted octanol–water partition coefficient (Wildman–Crippen LogP) is 4.92. The fraction of sp³-hybridized carbons (Fsp3) is 0.267. The van der Waals surface area contributed by atoms with Crippen molar-refractivity contribution in [2.24, 2.45) is 0 Å². The molecule has 0 aliphatic heterocycles. The molecule has 4 N–H and O–H groups in total. The van der Waals surface area contributed by atoms with E-state index in [-0.39, 0.29) is 47.3 Å². The van der Waals surface area contributed by atoms with Crippen molar-refractivity contribution in [1.82, 2.24) is 10.6 Å². The third-order valence-electron chi connectivity index (χ3n) is 6.15. The lowest BCUT2D eigenvalue weighted by molar-refractivity contribution is 0.0918. The summed E-state index contributed by atoms with van der Waals surface area (Å²) in [7, 11) is -2.41. The van der Waals surface area contributed by atoms with E-state index in [1.807, 2.05) is 20.8 Å². The van der Waals surface area contributed by atoms with Crippen LogP contribution in [0.15, 0.2) is 65.1 Å². The zero-order valence-corrected chi connectivity index (χ0v) is 24.0. The van der Waals surface area contributed by atoms with Crippen molar-refractivity contribution in [3.05, 3.63) is 77.6 Å². The van der Waals surface area contributed by atoms with Crippen LogP contribution < -0.4 is 15.4 Å². The number of sulfonamides is 1. The van der Waals surface area contributed by atoms with Gasteiger partial charge in [0.05, 0.1) is 17.0 Å². The molecular weight excluding hydrogens is 549 g/mol. The maximum absolute atomic E-state index is 13.6. The molecule has 1 heterocycles. The SMILES string of the molecule is CNC(=O)c1c(-c2ccc(F)cc2)oc2cc(NS(=O)(=O)CCCO)c(-c3cccc(C(=O)NC(C)(C)C)c3)cc12. The average molecular weight is 582 g/mol. The van der Waals surface area contributed by atoms with E-state index in [2.05, 4.69) is 15.4 Å². The van der Waals surface area contributed by atoms with E-state index >= 15 is 0 Å². The van der Waals surface area contributed by atoms with Crippen LogP contribution in [0, 0.1) is 5.82 Å². The molecule has 3 aromatic carbocycles. The van der Waals surface area contributed by atoms with Gasteiger partial charge in [-0.2, -0.15) is 0 Å². The van der Waals surface area contributed by atoms with E-state index in [4.69, 9.17) is 9.52 Å². The van der Waals surface area contributed by atoms with E-state index in [0.29, 0.717) is 27.6 Å². The third-order valence-corrected chi connectivity index (χ3v) is 7.51. The van der Waals surface area contributed by atoms with E-state index in [1.165, 1.54) is 37.4 Å². The number of hydrogen-bond acceptors (Lipinski definition) is 6. The maximum Gasteiger partial charge on any atom is 0.255 e. The van der Waals surface area contributed by atoms with Gasteiger partial charge in [0.15, 0.2) is 0 Å². The number of nitrogens with one attached hydrogen (secondary N) is 3. The lowest BCUT2D eigenvalue weighted by Gasteiger charge is -2.21. The molecule has 2 amide bonds. The second kappa shape index (κ2) is 11.7. The van der Waals surface area contributed by atoms with Gasteiger partial charge in [0.2, 0.25) is 10.0 Å². The van der Waals surface area contributed by atoms with Crippen LogP contribution in [0.2, 0.25) is 0 Å². The van der Waals surface area contributed by atoms with Crippen molar-refractivity contribution >= 4 is 38.5 Å². The normalized spacial score (nSPS) is 11.9. The Labute approximate surface area is 237 Å². The Morgan fingerprint density at radius 3 is 2.32 bits per heavy atom. The van der Waals surface area contributed by atoms with Gasteiger partial charge < -0.3 is 20.2 Å². The van der Waals surface area contributed by atoms with Crippen molar-refractivity contribution in [3.8, 4) is 22.5 Å². The number of benzene rings is 3. The number of aliphatic hydroxyl groups excluding tert-OH is 1. The van der Waals surface area contributed by atoms with Crippen LogP contribution in [0.5, 0.6) is 0 Å². The lowest BCUT2D eigenvalue weighted by Crippen LogP contribution is -2.40. The van der Waals surface area contributed by atoms with Gasteiger partial charge in [0.25, 0.3) is 11.8 Å². The fourth-order valence-corrected chi connectivity index (χ4v) is 5.45. The number of carbonyl (C=O) groups excluding carboxylic acids is 2. The Kier molecular flexibility index (Phi) is 8.50. The van der Waals surface area contributed by atoms with Crippen LogP contribution in [-0.4, -0.2) is 50.3 Å². The van der Waals surface area contributed by atoms with Crippen LogP contribution in [0.4, 0.5) is 10.1 Å². The molecule has 1 aromatic heterocycles. The van der Waals surface area contributed by atoms with Gasteiger partial charge in [-0.3, -0.25) is 14.3 Å². The highest BCUT2D eigenvalue weighted by molar-refractivity contribution is 7.92. The summed E-state index contributed by atoms with van der Waals surface area (Å²) < 4.78 is 48.0. The number of carbonyl (C=O) groups is 2. The van der Waals surface area contributed by atoms with Crippen LogP contribution >= 0.6 is 0 Å². The molecule has 9 nitrogen and oxygen atoms in total. The smallest absolute Gasteiger partial charge is 0.255 e. The molecule has 0 fully saturated rings. The minimum atomic E-state index is -3.88. The first-order valence-electron chi connectivity index (χ1n) is 12.9. The van der Waals surface area contributed by atoms with Crippen molar-refractivity contribution in [1.29, 1.82) is 0 Å². The van der Waals surface area contributed by atoms with Gasteiger partial charge in [-0.25, -0.2) is 12.8 Å². The van der Waals surface area contributed by atoms with Gasteiger partial charge >= 0.3 is 0 Å². The summed E-state index contributed by atoms with van der Waals surface area (Å²) in [6.45, 7) is 5.28. The van der Waals surface area contributed by atoms with E-state index in [1.54, 1.807) is 30.3 Å². The fourth-order valence-electron chi connectivity index (χ4n) is 4.34. The largest absolute Gasteiger partial charge is 0.455 e. The molecule has 0 aliphatic carbocycles. The van der Waals surface area contributed by atoms with E-state index < -0.39 is 27.3 Å². The lowest BCUT2D eigenvalue weighted by atomic mass is 9.97. The van der Waals surface area contributed by atoms with Gasteiger partial charge in [-0.15, -0.1) is 0 Å². The average Bonchev–Trinajstić information content (AvgIpc) is 3.28. The van der Waals surface area contributed by atoms with Crippen molar-refractivity contribution in [2.75, 3.05) is 24.1 Å². The first-order valence-corrected chi connectivity index (χ1v) is 14.6. The number of amides is 2. The molecule has 216 valence electrons. The summed E-state index contributed by atoms with van der Waals surface area (Å²) >= 11 is 0. The minimum Gasteiger partial charge on any atom is -0.455 e. The van der Waals surface area contributed by atoms with Crippen molar-refractivity contribution in [3.63, 3.8) is 0 Å². The highest BCUT2D eigenvalue weighted by Crippen LogP contribution is 2.40. The first-order chi connectivity index (χ1) is 19.3. The molecule has 4 rings (SSSR count). The van der Waals surface area contributed by atoms with Crippen LogP contribution in [0.25, 0.3) is 33.4 Å².